The van der Waals surface area contributed by atoms with E-state index in [1.54, 1.807) is 24.3 Å². The number of hydrogen-bond donors (Lipinski definition) is 0. The van der Waals surface area contributed by atoms with Crippen LogP contribution in [0.4, 0.5) is 0 Å². The van der Waals surface area contributed by atoms with Crippen LogP contribution in [0.5, 0.6) is 5.75 Å². The quantitative estimate of drug-likeness (QED) is 0.0405. The van der Waals surface area contributed by atoms with Crippen molar-refractivity contribution in [1.82, 2.24) is 0 Å². The molecule has 6 nitrogen and oxygen atoms in total. The summed E-state index contributed by atoms with van der Waals surface area (Å²) in [5.41, 5.74) is 2.27. The molecule has 6 heteroatoms. The van der Waals surface area contributed by atoms with Gasteiger partial charge in [-0.05, 0) is 106 Å². The van der Waals surface area contributed by atoms with E-state index in [0.29, 0.717) is 30.1 Å². The number of benzene rings is 2. The monoisotopic (exact) mass is 817 g/mol. The molecular weight excluding hydrogens is 733 g/mol. The molecule has 0 radical (unpaired) electrons. The first-order valence-electron chi connectivity index (χ1n) is 24.5. The van der Waals surface area contributed by atoms with Gasteiger partial charge in [-0.15, -0.1) is 0 Å². The van der Waals surface area contributed by atoms with Gasteiger partial charge in [-0.25, -0.2) is 9.59 Å². The fraction of sp³-hybridized carbons (Fsp3) is 0.717. The Kier molecular flexibility index (Phi) is 27.0. The molecular formula is C53H84O6. The molecule has 0 heterocycles. The Balaban J connectivity index is 1.42. The summed E-state index contributed by atoms with van der Waals surface area (Å²) < 4.78 is 16.1. The Morgan fingerprint density at radius 2 is 0.831 bits per heavy atom. The highest BCUT2D eigenvalue weighted by molar-refractivity contribution is 5.90. The van der Waals surface area contributed by atoms with Gasteiger partial charge in [-0.3, -0.25) is 4.79 Å². The molecule has 1 saturated carbocycles. The van der Waals surface area contributed by atoms with E-state index in [4.69, 9.17) is 14.2 Å². The number of aryl methyl sites for hydroxylation is 1. The van der Waals surface area contributed by atoms with Crippen molar-refractivity contribution in [2.45, 2.75) is 207 Å². The minimum atomic E-state index is -0.379. The van der Waals surface area contributed by atoms with Gasteiger partial charge in [0.25, 0.3) is 0 Å². The molecule has 0 aliphatic heterocycles. The average Bonchev–Trinajstić information content (AvgIpc) is 3.23. The Hall–Kier alpha value is -3.15. The van der Waals surface area contributed by atoms with Crippen molar-refractivity contribution in [1.29, 1.82) is 0 Å². The van der Waals surface area contributed by atoms with Gasteiger partial charge >= 0.3 is 17.9 Å². The molecule has 3 rings (SSSR count). The first-order valence-corrected chi connectivity index (χ1v) is 24.5. The van der Waals surface area contributed by atoms with Crippen LogP contribution in [0.2, 0.25) is 0 Å². The Morgan fingerprint density at radius 3 is 1.25 bits per heavy atom. The summed E-state index contributed by atoms with van der Waals surface area (Å²) in [5, 5.41) is 0. The van der Waals surface area contributed by atoms with Crippen molar-refractivity contribution in [2.75, 3.05) is 13.2 Å². The topological polar surface area (TPSA) is 78.9 Å². The van der Waals surface area contributed by atoms with E-state index in [9.17, 15) is 14.4 Å². The number of carbonyl (C=O) groups excluding carboxylic acids is 3. The van der Waals surface area contributed by atoms with Crippen LogP contribution in [0.15, 0.2) is 48.5 Å². The Labute approximate surface area is 360 Å². The van der Waals surface area contributed by atoms with Gasteiger partial charge < -0.3 is 14.2 Å². The third-order valence-electron chi connectivity index (χ3n) is 13.0. The zero-order valence-corrected chi connectivity index (χ0v) is 38.1. The van der Waals surface area contributed by atoms with Crippen LogP contribution in [-0.2, 0) is 14.3 Å². The van der Waals surface area contributed by atoms with Crippen molar-refractivity contribution in [3.8, 4) is 5.75 Å². The maximum Gasteiger partial charge on any atom is 0.338 e. The van der Waals surface area contributed by atoms with Gasteiger partial charge in [-0.1, -0.05) is 173 Å². The van der Waals surface area contributed by atoms with Crippen LogP contribution in [0.1, 0.15) is 227 Å². The fourth-order valence-electron chi connectivity index (χ4n) is 9.58. The summed E-state index contributed by atoms with van der Waals surface area (Å²) in [7, 11) is 0. The van der Waals surface area contributed by atoms with Gasteiger partial charge in [0.2, 0.25) is 0 Å². The van der Waals surface area contributed by atoms with Crippen molar-refractivity contribution < 1.29 is 28.6 Å². The van der Waals surface area contributed by atoms with Crippen LogP contribution >= 0.6 is 0 Å². The van der Waals surface area contributed by atoms with E-state index in [1.807, 2.05) is 31.2 Å². The zero-order chi connectivity index (χ0) is 42.3. The lowest BCUT2D eigenvalue weighted by atomic mass is 9.61. The molecule has 4 unspecified atom stereocenters. The second kappa shape index (κ2) is 31.7. The van der Waals surface area contributed by atoms with Crippen LogP contribution in [-0.4, -0.2) is 31.1 Å². The number of ether oxygens (including phenoxy) is 3. The van der Waals surface area contributed by atoms with Crippen LogP contribution in [0.3, 0.4) is 0 Å². The largest absolute Gasteiger partial charge is 0.462 e. The van der Waals surface area contributed by atoms with Gasteiger partial charge in [0.1, 0.15) is 5.75 Å². The smallest absolute Gasteiger partial charge is 0.338 e. The zero-order valence-electron chi connectivity index (χ0n) is 38.1. The third kappa shape index (κ3) is 21.8. The lowest BCUT2D eigenvalue weighted by molar-refractivity contribution is -0.131. The fourth-order valence-corrected chi connectivity index (χ4v) is 9.58. The molecule has 0 aromatic heterocycles. The molecule has 0 amide bonds. The summed E-state index contributed by atoms with van der Waals surface area (Å²) in [4.78, 5) is 35.9. The molecule has 332 valence electrons. The van der Waals surface area contributed by atoms with E-state index in [1.165, 1.54) is 161 Å². The molecule has 0 saturated heterocycles. The first-order chi connectivity index (χ1) is 28.8. The average molecular weight is 817 g/mol. The van der Waals surface area contributed by atoms with Crippen molar-refractivity contribution in [3.05, 3.63) is 65.2 Å². The highest BCUT2D eigenvalue weighted by atomic mass is 16.5. The minimum Gasteiger partial charge on any atom is -0.462 e. The van der Waals surface area contributed by atoms with Crippen molar-refractivity contribution in [2.24, 2.45) is 23.7 Å². The molecule has 0 spiro atoms. The van der Waals surface area contributed by atoms with Crippen molar-refractivity contribution >= 4 is 17.9 Å². The SMILES string of the molecule is CCCCCCCCC1C(CCCCCC)CCC(CCCCCCCCOC(=O)c2ccc(OC(C)=O)cc2)C1CCCCCCCCOC(=O)c1ccc(C)cc1. The summed E-state index contributed by atoms with van der Waals surface area (Å²) >= 11 is 0. The first kappa shape index (κ1) is 50.2. The molecule has 1 fully saturated rings. The van der Waals surface area contributed by atoms with Gasteiger partial charge in [0, 0.05) is 6.92 Å². The van der Waals surface area contributed by atoms with Crippen LogP contribution < -0.4 is 4.74 Å². The lowest BCUT2D eigenvalue weighted by Crippen LogP contribution is -2.35. The van der Waals surface area contributed by atoms with E-state index in [2.05, 4.69) is 13.8 Å². The second-order valence-electron chi connectivity index (χ2n) is 17.9. The van der Waals surface area contributed by atoms with Gasteiger partial charge in [0.15, 0.2) is 0 Å². The predicted molar refractivity (Wildman–Crippen MR) is 244 cm³/mol. The maximum atomic E-state index is 12.4. The van der Waals surface area contributed by atoms with Crippen LogP contribution in [0.25, 0.3) is 0 Å². The Bertz CT molecular complexity index is 1380. The van der Waals surface area contributed by atoms with Crippen molar-refractivity contribution in [3.63, 3.8) is 0 Å². The molecule has 0 bridgehead atoms. The summed E-state index contributed by atoms with van der Waals surface area (Å²) in [5.74, 6) is 3.15. The maximum absolute atomic E-state index is 12.4. The molecule has 2 aromatic carbocycles. The number of rotatable bonds is 33. The molecule has 1 aliphatic carbocycles. The number of hydrogen-bond acceptors (Lipinski definition) is 6. The molecule has 1 aliphatic rings. The molecule has 59 heavy (non-hydrogen) atoms. The van der Waals surface area contributed by atoms with E-state index >= 15 is 0 Å². The number of unbranched alkanes of at least 4 members (excludes halogenated alkanes) is 18. The second-order valence-corrected chi connectivity index (χ2v) is 17.9. The third-order valence-corrected chi connectivity index (χ3v) is 13.0. The number of carbonyl (C=O) groups is 3. The molecule has 4 atom stereocenters. The summed E-state index contributed by atoms with van der Waals surface area (Å²) in [6.07, 6.45) is 36.9. The van der Waals surface area contributed by atoms with E-state index in [-0.39, 0.29) is 17.9 Å². The standard InChI is InChI=1S/C53H84O6/c1-5-7-9-11-17-23-29-50-45(27-21-10-8-6-2)35-36-46(51(50)30-24-18-13-15-20-26-41-57-52(55)47-33-31-43(3)32-34-47)28-22-16-12-14-19-25-42-58-53(56)48-37-39-49(40-38-48)59-44(4)54/h31-34,37-40,45-46,50-51H,5-30,35-36,41-42H2,1-4H3. The van der Waals surface area contributed by atoms with Gasteiger partial charge in [0.05, 0.1) is 24.3 Å². The number of esters is 3. The summed E-state index contributed by atoms with van der Waals surface area (Å²) in [6, 6.07) is 14.2. The Morgan fingerprint density at radius 1 is 0.475 bits per heavy atom. The summed E-state index contributed by atoms with van der Waals surface area (Å²) in [6.45, 7) is 9.00. The van der Waals surface area contributed by atoms with Crippen LogP contribution in [0, 0.1) is 30.6 Å². The lowest BCUT2D eigenvalue weighted by Gasteiger charge is -2.44. The highest BCUT2D eigenvalue weighted by Crippen LogP contribution is 2.48. The normalized spacial score (nSPS) is 17.8. The van der Waals surface area contributed by atoms with E-state index in [0.717, 1.165) is 54.9 Å². The highest BCUT2D eigenvalue weighted by Gasteiger charge is 2.37. The van der Waals surface area contributed by atoms with E-state index < -0.39 is 0 Å². The molecule has 2 aromatic rings. The van der Waals surface area contributed by atoms with Gasteiger partial charge in [-0.2, -0.15) is 0 Å². The minimum absolute atomic E-state index is 0.203. The molecule has 0 N–H and O–H groups in total. The predicted octanol–water partition coefficient (Wildman–Crippen LogP) is 15.4.